The van der Waals surface area contributed by atoms with Gasteiger partial charge in [-0.25, -0.2) is 4.79 Å². The highest BCUT2D eigenvalue weighted by Crippen LogP contribution is 2.34. The van der Waals surface area contributed by atoms with Crippen LogP contribution >= 0.6 is 0 Å². The lowest BCUT2D eigenvalue weighted by atomic mass is 9.87. The Morgan fingerprint density at radius 3 is 2.47 bits per heavy atom. The second-order valence-corrected chi connectivity index (χ2v) is 19.2. The van der Waals surface area contributed by atoms with Crippen LogP contribution in [0.2, 0.25) is 25.7 Å². The third kappa shape index (κ3) is 11.3. The molecule has 1 N–H and O–H groups in total. The van der Waals surface area contributed by atoms with Gasteiger partial charge >= 0.3 is 6.16 Å². The highest BCUT2D eigenvalue weighted by Gasteiger charge is 2.34. The van der Waals surface area contributed by atoms with Crippen LogP contribution in [-0.2, 0) is 25.7 Å². The predicted molar refractivity (Wildman–Crippen MR) is 177 cm³/mol. The summed E-state index contributed by atoms with van der Waals surface area (Å²) in [6.07, 6.45) is -0.287. The molecule has 10 heteroatoms. The lowest BCUT2D eigenvalue weighted by Crippen LogP contribution is -2.45. The van der Waals surface area contributed by atoms with E-state index in [2.05, 4.69) is 31.8 Å². The number of fused-ring (bicyclic) bond motifs is 1. The molecule has 1 saturated heterocycles. The Labute approximate surface area is 268 Å². The maximum atomic E-state index is 12.4. The average molecular weight is 640 g/mol. The summed E-state index contributed by atoms with van der Waals surface area (Å²) >= 11 is 0. The Morgan fingerprint density at radius 1 is 1.00 bits per heavy atom. The number of carbonyl (C=O) groups excluding carboxylic acids is 1. The maximum Gasteiger partial charge on any atom is 0.528 e. The van der Waals surface area contributed by atoms with Gasteiger partial charge in [0.25, 0.3) is 0 Å². The highest BCUT2D eigenvalue weighted by atomic mass is 28.3. The van der Waals surface area contributed by atoms with Gasteiger partial charge in [-0.15, -0.1) is 5.06 Å². The average Bonchev–Trinajstić information content (AvgIpc) is 2.97. The van der Waals surface area contributed by atoms with Gasteiger partial charge in [-0.05, 0) is 74.0 Å². The molecule has 3 aromatic carbocycles. The molecule has 45 heavy (non-hydrogen) atoms. The van der Waals surface area contributed by atoms with Crippen LogP contribution in [0.1, 0.15) is 44.2 Å². The van der Waals surface area contributed by atoms with E-state index in [-0.39, 0.29) is 32.0 Å². The quantitative estimate of drug-likeness (QED) is 0.0854. The van der Waals surface area contributed by atoms with Crippen molar-refractivity contribution in [2.45, 2.75) is 77.1 Å². The summed E-state index contributed by atoms with van der Waals surface area (Å²) in [5.41, 5.74) is 1.43. The molecule has 0 aliphatic carbocycles. The lowest BCUT2D eigenvalue weighted by Gasteiger charge is -2.37. The molecule has 2 unspecified atom stereocenters. The number of carbonyl (C=O) groups is 1. The third-order valence-corrected chi connectivity index (χ3v) is 9.13. The Balaban J connectivity index is 1.49. The standard InChI is InChI=1S/C35H49NO8Si/c1-35(2,3)43-34(38)44-36-16-15-31(27-11-13-29(14-12-27)40-18-17-37)33(23-36)41-24-26-21-28-9-7-8-10-30(28)32(22-26)42-25-39-19-20-45(4,5)6/h7-14,21-22,31,33,37H,15-20,23-25H2,1-6H3. The van der Waals surface area contributed by atoms with Gasteiger partial charge in [0, 0.05) is 32.5 Å². The minimum Gasteiger partial charge on any atom is -0.491 e. The number of aliphatic hydroxyl groups is 1. The van der Waals surface area contributed by atoms with Crippen LogP contribution in [0.4, 0.5) is 4.79 Å². The first-order valence-electron chi connectivity index (χ1n) is 15.7. The predicted octanol–water partition coefficient (Wildman–Crippen LogP) is 7.14. The first-order valence-corrected chi connectivity index (χ1v) is 19.4. The number of hydrogen-bond acceptors (Lipinski definition) is 9. The Hall–Kier alpha value is -3.15. The normalized spacial score (nSPS) is 17.7. The molecule has 246 valence electrons. The number of hydroxylamine groups is 2. The smallest absolute Gasteiger partial charge is 0.491 e. The molecule has 1 heterocycles. The van der Waals surface area contributed by atoms with Crippen LogP contribution in [0, 0.1) is 0 Å². The van der Waals surface area contributed by atoms with Gasteiger partial charge in [0.1, 0.15) is 23.7 Å². The lowest BCUT2D eigenvalue weighted by molar-refractivity contribution is -0.179. The van der Waals surface area contributed by atoms with Crippen molar-refractivity contribution in [2.75, 3.05) is 39.7 Å². The molecule has 1 aliphatic rings. The van der Waals surface area contributed by atoms with Crippen LogP contribution in [0.5, 0.6) is 11.5 Å². The minimum absolute atomic E-state index is 0.0407. The van der Waals surface area contributed by atoms with Crippen molar-refractivity contribution < 1.29 is 38.4 Å². The van der Waals surface area contributed by atoms with Crippen molar-refractivity contribution in [3.8, 4) is 11.5 Å². The summed E-state index contributed by atoms with van der Waals surface area (Å²) in [6, 6.07) is 21.2. The third-order valence-electron chi connectivity index (χ3n) is 7.43. The first-order chi connectivity index (χ1) is 21.4. The van der Waals surface area contributed by atoms with E-state index in [1.807, 2.05) is 69.3 Å². The number of piperidine rings is 1. The number of rotatable bonds is 14. The van der Waals surface area contributed by atoms with Gasteiger partial charge in [-0.3, -0.25) is 0 Å². The van der Waals surface area contributed by atoms with E-state index in [4.69, 9.17) is 33.6 Å². The van der Waals surface area contributed by atoms with Crippen molar-refractivity contribution in [1.29, 1.82) is 0 Å². The molecule has 0 aromatic heterocycles. The van der Waals surface area contributed by atoms with Crippen molar-refractivity contribution in [1.82, 2.24) is 5.06 Å². The maximum absolute atomic E-state index is 12.4. The fourth-order valence-corrected chi connectivity index (χ4v) is 5.91. The Morgan fingerprint density at radius 2 is 1.76 bits per heavy atom. The summed E-state index contributed by atoms with van der Waals surface area (Å²) in [7, 11) is -1.18. The monoisotopic (exact) mass is 639 g/mol. The van der Waals surface area contributed by atoms with Crippen molar-refractivity contribution in [2.24, 2.45) is 0 Å². The number of benzene rings is 3. The van der Waals surface area contributed by atoms with Crippen LogP contribution in [0.15, 0.2) is 60.7 Å². The van der Waals surface area contributed by atoms with Crippen LogP contribution in [0.3, 0.4) is 0 Å². The van der Waals surface area contributed by atoms with E-state index in [0.29, 0.717) is 38.5 Å². The molecule has 2 atom stereocenters. The number of aliphatic hydroxyl groups excluding tert-OH is 1. The number of nitrogens with zero attached hydrogens (tertiary/aromatic N) is 1. The Kier molecular flexibility index (Phi) is 12.3. The Bertz CT molecular complexity index is 1370. The van der Waals surface area contributed by atoms with Crippen LogP contribution in [0.25, 0.3) is 10.8 Å². The largest absolute Gasteiger partial charge is 0.528 e. The molecule has 1 aliphatic heterocycles. The fraction of sp³-hybridized carbons (Fsp3) is 0.514. The molecule has 0 saturated carbocycles. The van der Waals surface area contributed by atoms with Crippen molar-refractivity contribution in [3.63, 3.8) is 0 Å². The van der Waals surface area contributed by atoms with E-state index >= 15 is 0 Å². The molecule has 9 nitrogen and oxygen atoms in total. The molecular formula is C35H49NO8Si. The van der Waals surface area contributed by atoms with Gasteiger partial charge < -0.3 is 33.6 Å². The molecule has 4 rings (SSSR count). The SMILES string of the molecule is CC(C)(C)OC(=O)ON1CCC(c2ccc(OCCO)cc2)C(OCc2cc(OCOCC[Si](C)(C)C)c3ccccc3c2)C1. The second-order valence-electron chi connectivity index (χ2n) is 13.6. The zero-order chi connectivity index (χ0) is 32.5. The molecule has 0 amide bonds. The zero-order valence-corrected chi connectivity index (χ0v) is 28.5. The van der Waals surface area contributed by atoms with Gasteiger partial charge in [0.05, 0.1) is 25.9 Å². The number of hydrogen-bond donors (Lipinski definition) is 1. The first kappa shape index (κ1) is 34.7. The van der Waals surface area contributed by atoms with Gasteiger partial charge in [0.2, 0.25) is 0 Å². The van der Waals surface area contributed by atoms with E-state index in [0.717, 1.165) is 33.7 Å². The van der Waals surface area contributed by atoms with E-state index in [9.17, 15) is 4.79 Å². The van der Waals surface area contributed by atoms with Gasteiger partial charge in [0.15, 0.2) is 6.79 Å². The minimum atomic E-state index is -1.18. The van der Waals surface area contributed by atoms with Gasteiger partial charge in [-0.2, -0.15) is 0 Å². The molecule has 1 fully saturated rings. The highest BCUT2D eigenvalue weighted by molar-refractivity contribution is 6.76. The second kappa shape index (κ2) is 15.9. The van der Waals surface area contributed by atoms with E-state index in [1.165, 1.54) is 0 Å². The van der Waals surface area contributed by atoms with Crippen LogP contribution in [-0.4, -0.2) is 75.8 Å². The van der Waals surface area contributed by atoms with E-state index in [1.54, 1.807) is 5.06 Å². The van der Waals surface area contributed by atoms with E-state index < -0.39 is 19.8 Å². The number of ether oxygens (including phenoxy) is 5. The summed E-state index contributed by atoms with van der Waals surface area (Å²) < 4.78 is 29.5. The zero-order valence-electron chi connectivity index (χ0n) is 27.5. The molecule has 3 aromatic rings. The van der Waals surface area contributed by atoms with Crippen molar-refractivity contribution in [3.05, 3.63) is 71.8 Å². The van der Waals surface area contributed by atoms with Crippen LogP contribution < -0.4 is 9.47 Å². The summed E-state index contributed by atoms with van der Waals surface area (Å²) in [5.74, 6) is 1.52. The molecule has 0 radical (unpaired) electrons. The topological polar surface area (TPSA) is 95.9 Å². The fourth-order valence-electron chi connectivity index (χ4n) is 5.15. The molecule has 0 spiro atoms. The summed E-state index contributed by atoms with van der Waals surface area (Å²) in [6.45, 7) is 14.8. The van der Waals surface area contributed by atoms with Crippen molar-refractivity contribution >= 4 is 25.0 Å². The molecule has 0 bridgehead atoms. The summed E-state index contributed by atoms with van der Waals surface area (Å²) in [4.78, 5) is 18.0. The van der Waals surface area contributed by atoms with Gasteiger partial charge in [-0.1, -0.05) is 56.0 Å². The molecular weight excluding hydrogens is 590 g/mol. The summed E-state index contributed by atoms with van der Waals surface area (Å²) in [5, 5.41) is 12.8.